The molecule has 0 radical (unpaired) electrons. The Balaban J connectivity index is 1.90. The average molecular weight is 294 g/mol. The molecule has 1 aromatic heterocycles. The second-order valence-electron chi connectivity index (χ2n) is 3.89. The number of hydrogen-bond acceptors (Lipinski definition) is 5. The molecule has 0 saturated carbocycles. The Hall–Kier alpha value is -1.11. The number of fused-ring (bicyclic) bond motifs is 1. The molecule has 2 heterocycles. The predicted molar refractivity (Wildman–Crippen MR) is 70.0 cm³/mol. The molecule has 0 amide bonds. The minimum Gasteiger partial charge on any atom is -0.282 e. The van der Waals surface area contributed by atoms with E-state index in [0.29, 0.717) is 0 Å². The van der Waals surface area contributed by atoms with Crippen LogP contribution in [0, 0.1) is 0 Å². The summed E-state index contributed by atoms with van der Waals surface area (Å²) in [7, 11) is 0. The van der Waals surface area contributed by atoms with Crippen LogP contribution >= 0.6 is 15.9 Å². The molecule has 0 spiro atoms. The zero-order valence-electron chi connectivity index (χ0n) is 9.10. The van der Waals surface area contributed by atoms with Crippen molar-refractivity contribution in [1.82, 2.24) is 20.6 Å². The van der Waals surface area contributed by atoms with Crippen LogP contribution in [0.5, 0.6) is 0 Å². The Morgan fingerprint density at radius 2 is 1.94 bits per heavy atom. The molecule has 0 bridgehead atoms. The Bertz CT molecular complexity index is 479. The van der Waals surface area contributed by atoms with Gasteiger partial charge in [0, 0.05) is 25.5 Å². The molecule has 1 unspecified atom stereocenters. The first kappa shape index (κ1) is 11.0. The van der Waals surface area contributed by atoms with E-state index >= 15 is 0 Å². The molecule has 0 aromatic carbocycles. The second-order valence-corrected chi connectivity index (χ2v) is 4.80. The number of hydrogen-bond donors (Lipinski definition) is 2. The highest BCUT2D eigenvalue weighted by molar-refractivity contribution is 9.09. The first-order chi connectivity index (χ1) is 8.34. The van der Waals surface area contributed by atoms with Gasteiger partial charge in [0.05, 0.1) is 17.1 Å². The van der Waals surface area contributed by atoms with Gasteiger partial charge in [-0.05, 0) is 12.2 Å². The van der Waals surface area contributed by atoms with Crippen LogP contribution in [0.1, 0.15) is 16.2 Å². The summed E-state index contributed by atoms with van der Waals surface area (Å²) in [6.45, 7) is 1.91. The summed E-state index contributed by atoms with van der Waals surface area (Å²) in [6, 6.07) is 0. The molecule has 2 N–H and O–H groups in total. The molecule has 1 aliphatic heterocycles. The van der Waals surface area contributed by atoms with Crippen LogP contribution in [0.4, 0.5) is 0 Å². The third kappa shape index (κ3) is 2.15. The van der Waals surface area contributed by atoms with Gasteiger partial charge in [-0.3, -0.25) is 25.6 Å². The Morgan fingerprint density at radius 1 is 1.18 bits per heavy atom. The lowest BCUT2D eigenvalue weighted by atomic mass is 10.1. The summed E-state index contributed by atoms with van der Waals surface area (Å²) in [5.74, 6) is 0. The van der Waals surface area contributed by atoms with Crippen LogP contribution in [-0.2, 0) is 0 Å². The van der Waals surface area contributed by atoms with Crippen molar-refractivity contribution in [2.24, 2.45) is 4.99 Å². The lowest BCUT2D eigenvalue weighted by Crippen LogP contribution is -2.30. The monoisotopic (exact) mass is 293 g/mol. The standard InChI is InChI=1S/C11H12BrN5/c12-9-7(17-11-15-5-6-16-11)1-2-8-10(9)14-4-3-13-8/h1-4,9,11,15-16H,5-6H2. The van der Waals surface area contributed by atoms with E-state index in [1.807, 2.05) is 12.2 Å². The first-order valence-corrected chi connectivity index (χ1v) is 6.44. The molecule has 17 heavy (non-hydrogen) atoms. The zero-order chi connectivity index (χ0) is 11.7. The van der Waals surface area contributed by atoms with Crippen LogP contribution in [0.15, 0.2) is 23.5 Å². The number of aromatic nitrogens is 2. The molecule has 1 aliphatic carbocycles. The van der Waals surface area contributed by atoms with E-state index in [4.69, 9.17) is 0 Å². The molecule has 1 saturated heterocycles. The molecule has 3 rings (SSSR count). The quantitative estimate of drug-likeness (QED) is 0.754. The zero-order valence-corrected chi connectivity index (χ0v) is 10.7. The maximum Gasteiger partial charge on any atom is 0.153 e. The molecule has 88 valence electrons. The normalized spacial score (nSPS) is 26.4. The van der Waals surface area contributed by atoms with E-state index in [0.717, 1.165) is 30.2 Å². The SMILES string of the molecule is BrC1C(=NC2NCCN2)C=Cc2nccnc21. The van der Waals surface area contributed by atoms with Gasteiger partial charge in [-0.2, -0.15) is 0 Å². The highest BCUT2D eigenvalue weighted by Crippen LogP contribution is 2.30. The van der Waals surface area contributed by atoms with Crippen molar-refractivity contribution in [2.75, 3.05) is 13.1 Å². The van der Waals surface area contributed by atoms with Gasteiger partial charge in [0.1, 0.15) is 4.83 Å². The van der Waals surface area contributed by atoms with Gasteiger partial charge < -0.3 is 0 Å². The first-order valence-electron chi connectivity index (χ1n) is 5.52. The topological polar surface area (TPSA) is 62.2 Å². The van der Waals surface area contributed by atoms with E-state index in [-0.39, 0.29) is 11.1 Å². The Kier molecular flexibility index (Phi) is 3.00. The van der Waals surface area contributed by atoms with Crippen LogP contribution in [0.25, 0.3) is 6.08 Å². The van der Waals surface area contributed by atoms with Gasteiger partial charge in [0.2, 0.25) is 0 Å². The fourth-order valence-corrected chi connectivity index (χ4v) is 2.53. The molecule has 2 aliphatic rings. The second kappa shape index (κ2) is 4.64. The molecule has 6 heteroatoms. The van der Waals surface area contributed by atoms with Gasteiger partial charge in [0.25, 0.3) is 0 Å². The van der Waals surface area contributed by atoms with E-state index in [1.54, 1.807) is 12.4 Å². The summed E-state index contributed by atoms with van der Waals surface area (Å²) < 4.78 is 0. The minimum atomic E-state index is 0.00733. The summed E-state index contributed by atoms with van der Waals surface area (Å²) >= 11 is 3.62. The van der Waals surface area contributed by atoms with E-state index in [2.05, 4.69) is 41.5 Å². The maximum atomic E-state index is 4.61. The average Bonchev–Trinajstić information content (AvgIpc) is 2.86. The fraction of sp³-hybridized carbons (Fsp3) is 0.364. The number of allylic oxidation sites excluding steroid dienone is 1. The minimum absolute atomic E-state index is 0.00733. The van der Waals surface area contributed by atoms with Gasteiger partial charge in [-0.15, -0.1) is 0 Å². The van der Waals surface area contributed by atoms with Crippen molar-refractivity contribution in [2.45, 2.75) is 11.1 Å². The molecule has 1 aromatic rings. The summed E-state index contributed by atoms with van der Waals surface area (Å²) in [5.41, 5.74) is 2.79. The number of alkyl halides is 1. The van der Waals surface area contributed by atoms with Gasteiger partial charge in [0.15, 0.2) is 6.29 Å². The summed E-state index contributed by atoms with van der Waals surface area (Å²) in [4.78, 5) is 13.2. The smallest absolute Gasteiger partial charge is 0.153 e. The third-order valence-electron chi connectivity index (χ3n) is 2.75. The number of aliphatic imine (C=N–C) groups is 1. The maximum absolute atomic E-state index is 4.61. The summed E-state index contributed by atoms with van der Waals surface area (Å²) in [5, 5.41) is 6.52. The molecular weight excluding hydrogens is 282 g/mol. The molecular formula is C11H12BrN5. The lowest BCUT2D eigenvalue weighted by molar-refractivity contribution is 0.580. The van der Waals surface area contributed by atoms with Gasteiger partial charge in [-0.25, -0.2) is 0 Å². The van der Waals surface area contributed by atoms with Crippen molar-refractivity contribution in [3.8, 4) is 0 Å². The van der Waals surface area contributed by atoms with E-state index in [1.165, 1.54) is 0 Å². The van der Waals surface area contributed by atoms with Crippen LogP contribution < -0.4 is 10.6 Å². The fourth-order valence-electron chi connectivity index (χ4n) is 1.91. The van der Waals surface area contributed by atoms with Gasteiger partial charge in [-0.1, -0.05) is 15.9 Å². The number of nitrogens with one attached hydrogen (secondary N) is 2. The summed E-state index contributed by atoms with van der Waals surface area (Å²) in [6.07, 6.45) is 7.35. The number of nitrogens with zero attached hydrogens (tertiary/aromatic N) is 3. The lowest BCUT2D eigenvalue weighted by Gasteiger charge is -2.17. The molecule has 1 atom stereocenters. The number of halogens is 1. The Labute approximate surface area is 108 Å². The molecule has 5 nitrogen and oxygen atoms in total. The van der Waals surface area contributed by atoms with Crippen LogP contribution in [0.3, 0.4) is 0 Å². The predicted octanol–water partition coefficient (Wildman–Crippen LogP) is 0.857. The number of rotatable bonds is 1. The van der Waals surface area contributed by atoms with E-state index < -0.39 is 0 Å². The van der Waals surface area contributed by atoms with Gasteiger partial charge >= 0.3 is 0 Å². The van der Waals surface area contributed by atoms with Crippen molar-refractivity contribution in [1.29, 1.82) is 0 Å². The van der Waals surface area contributed by atoms with Crippen molar-refractivity contribution in [3.63, 3.8) is 0 Å². The van der Waals surface area contributed by atoms with E-state index in [9.17, 15) is 0 Å². The molecule has 1 fully saturated rings. The van der Waals surface area contributed by atoms with Crippen molar-refractivity contribution >= 4 is 27.7 Å². The highest BCUT2D eigenvalue weighted by Gasteiger charge is 2.23. The van der Waals surface area contributed by atoms with Crippen LogP contribution in [0.2, 0.25) is 0 Å². The Morgan fingerprint density at radius 3 is 2.76 bits per heavy atom. The highest BCUT2D eigenvalue weighted by atomic mass is 79.9. The van der Waals surface area contributed by atoms with Crippen molar-refractivity contribution in [3.05, 3.63) is 29.9 Å². The third-order valence-corrected chi connectivity index (χ3v) is 3.65. The largest absolute Gasteiger partial charge is 0.282 e. The van der Waals surface area contributed by atoms with Crippen LogP contribution in [-0.4, -0.2) is 35.1 Å². The van der Waals surface area contributed by atoms with Crippen molar-refractivity contribution < 1.29 is 0 Å².